The summed E-state index contributed by atoms with van der Waals surface area (Å²) in [6.07, 6.45) is 0.0835. The third-order valence-electron chi connectivity index (χ3n) is 3.35. The van der Waals surface area contributed by atoms with Crippen molar-refractivity contribution in [3.05, 3.63) is 59.1 Å². The Kier molecular flexibility index (Phi) is 8.88. The van der Waals surface area contributed by atoms with Crippen molar-refractivity contribution in [2.24, 2.45) is 0 Å². The highest BCUT2D eigenvalue weighted by Crippen LogP contribution is 2.21. The van der Waals surface area contributed by atoms with E-state index < -0.39 is 31.0 Å². The van der Waals surface area contributed by atoms with Crippen LogP contribution in [-0.2, 0) is 14.3 Å². The molecule has 0 saturated carbocycles. The lowest BCUT2D eigenvalue weighted by molar-refractivity contribution is -0.147. The summed E-state index contributed by atoms with van der Waals surface area (Å²) in [5.74, 6) is -1.81. The Balaban J connectivity index is 1.68. The summed E-state index contributed by atoms with van der Waals surface area (Å²) >= 11 is 7.22. The molecule has 0 spiro atoms. The Bertz CT molecular complexity index is 847. The molecule has 2 aromatic carbocycles. The first-order chi connectivity index (χ1) is 13.8. The highest BCUT2D eigenvalue weighted by Gasteiger charge is 2.13. The van der Waals surface area contributed by atoms with E-state index in [0.717, 1.165) is 4.90 Å². The summed E-state index contributed by atoms with van der Waals surface area (Å²) in [5, 5.41) is 2.65. The third-order valence-corrected chi connectivity index (χ3v) is 4.61. The summed E-state index contributed by atoms with van der Waals surface area (Å²) in [5.41, 5.74) is 0.0608. The molecule has 2 aromatic rings. The van der Waals surface area contributed by atoms with Gasteiger partial charge in [-0.05, 0) is 48.5 Å². The van der Waals surface area contributed by atoms with E-state index in [4.69, 9.17) is 16.3 Å². The van der Waals surface area contributed by atoms with Crippen LogP contribution in [0.3, 0.4) is 0 Å². The van der Waals surface area contributed by atoms with Gasteiger partial charge in [0.1, 0.15) is 5.75 Å². The maximum Gasteiger partial charge on any atom is 0.387 e. The van der Waals surface area contributed by atoms with E-state index in [-0.39, 0.29) is 17.7 Å². The number of ether oxygens (including phenoxy) is 2. The molecule has 0 aliphatic rings. The number of esters is 1. The number of nitrogens with one attached hydrogen (secondary N) is 1. The number of alkyl halides is 2. The minimum Gasteiger partial charge on any atom is -0.456 e. The van der Waals surface area contributed by atoms with Crippen LogP contribution in [0.5, 0.6) is 5.75 Å². The molecule has 0 bridgehead atoms. The Morgan fingerprint density at radius 3 is 2.31 bits per heavy atom. The first-order valence-electron chi connectivity index (χ1n) is 8.26. The van der Waals surface area contributed by atoms with Gasteiger partial charge in [0.25, 0.3) is 11.8 Å². The molecular weight excluding hydrogens is 428 g/mol. The van der Waals surface area contributed by atoms with E-state index >= 15 is 0 Å². The molecule has 0 heterocycles. The van der Waals surface area contributed by atoms with Gasteiger partial charge in [-0.3, -0.25) is 19.7 Å². The van der Waals surface area contributed by atoms with Gasteiger partial charge in [-0.2, -0.15) is 8.78 Å². The lowest BCUT2D eigenvalue weighted by atomic mass is 10.2. The third kappa shape index (κ3) is 8.49. The molecule has 0 aromatic heterocycles. The van der Waals surface area contributed by atoms with Gasteiger partial charge < -0.3 is 9.47 Å². The molecule has 29 heavy (non-hydrogen) atoms. The monoisotopic (exact) mass is 443 g/mol. The van der Waals surface area contributed by atoms with Crippen LogP contribution < -0.4 is 10.1 Å². The van der Waals surface area contributed by atoms with Crippen LogP contribution in [0.4, 0.5) is 8.78 Å². The Hall–Kier alpha value is -2.65. The van der Waals surface area contributed by atoms with Crippen molar-refractivity contribution < 1.29 is 32.6 Å². The smallest absolute Gasteiger partial charge is 0.387 e. The zero-order valence-corrected chi connectivity index (χ0v) is 16.5. The summed E-state index contributed by atoms with van der Waals surface area (Å²) in [4.78, 5) is 36.2. The quantitative estimate of drug-likeness (QED) is 0.467. The maximum absolute atomic E-state index is 12.1. The normalized spacial score (nSPS) is 10.5. The first kappa shape index (κ1) is 22.6. The zero-order valence-electron chi connectivity index (χ0n) is 14.9. The van der Waals surface area contributed by atoms with Crippen LogP contribution in [0.25, 0.3) is 0 Å². The predicted octanol–water partition coefficient (Wildman–Crippen LogP) is 3.92. The van der Waals surface area contributed by atoms with Crippen molar-refractivity contribution in [1.29, 1.82) is 0 Å². The average molecular weight is 444 g/mol. The van der Waals surface area contributed by atoms with Gasteiger partial charge >= 0.3 is 12.6 Å². The van der Waals surface area contributed by atoms with E-state index in [2.05, 4.69) is 4.74 Å². The fourth-order valence-corrected chi connectivity index (χ4v) is 2.98. The number of rotatable bonds is 9. The van der Waals surface area contributed by atoms with E-state index in [1.165, 1.54) is 36.0 Å². The van der Waals surface area contributed by atoms with Gasteiger partial charge in [0.05, 0.1) is 6.42 Å². The molecule has 0 saturated heterocycles. The van der Waals surface area contributed by atoms with E-state index in [0.29, 0.717) is 10.8 Å². The summed E-state index contributed by atoms with van der Waals surface area (Å²) < 4.78 is 33.2. The molecule has 6 nitrogen and oxygen atoms in total. The minimum atomic E-state index is -2.98. The SMILES string of the molecule is O=C(COC(=O)CCSc1ccc(Cl)cc1)NC(=O)c1ccc(OC(F)F)cc1. The molecule has 0 unspecified atom stereocenters. The van der Waals surface area contributed by atoms with Crippen molar-refractivity contribution in [1.82, 2.24) is 5.32 Å². The molecular formula is C19H16ClF2NO5S. The molecule has 2 rings (SSSR count). The van der Waals surface area contributed by atoms with Crippen LogP contribution in [0, 0.1) is 0 Å². The highest BCUT2D eigenvalue weighted by molar-refractivity contribution is 7.99. The van der Waals surface area contributed by atoms with Crippen LogP contribution in [0.2, 0.25) is 5.02 Å². The van der Waals surface area contributed by atoms with Gasteiger partial charge in [0.2, 0.25) is 0 Å². The number of amides is 2. The Morgan fingerprint density at radius 1 is 1.03 bits per heavy atom. The number of hydrogen-bond acceptors (Lipinski definition) is 6. The van der Waals surface area contributed by atoms with Crippen molar-refractivity contribution in [2.45, 2.75) is 17.9 Å². The zero-order chi connectivity index (χ0) is 21.2. The fraction of sp³-hybridized carbons (Fsp3) is 0.211. The second kappa shape index (κ2) is 11.4. The molecule has 0 radical (unpaired) electrons. The van der Waals surface area contributed by atoms with Gasteiger partial charge in [0.15, 0.2) is 6.61 Å². The van der Waals surface area contributed by atoms with Crippen molar-refractivity contribution in [3.63, 3.8) is 0 Å². The lowest BCUT2D eigenvalue weighted by Crippen LogP contribution is -2.34. The predicted molar refractivity (Wildman–Crippen MR) is 103 cm³/mol. The van der Waals surface area contributed by atoms with Crippen LogP contribution in [0.15, 0.2) is 53.4 Å². The lowest BCUT2D eigenvalue weighted by Gasteiger charge is -2.07. The number of carbonyl (C=O) groups is 3. The molecule has 154 valence electrons. The van der Waals surface area contributed by atoms with Gasteiger partial charge in [0, 0.05) is 21.2 Å². The van der Waals surface area contributed by atoms with Gasteiger partial charge in [-0.25, -0.2) is 0 Å². The highest BCUT2D eigenvalue weighted by atomic mass is 35.5. The molecule has 0 aliphatic heterocycles. The largest absolute Gasteiger partial charge is 0.456 e. The molecule has 0 aliphatic carbocycles. The fourth-order valence-electron chi connectivity index (χ4n) is 2.02. The van der Waals surface area contributed by atoms with Crippen molar-refractivity contribution in [2.75, 3.05) is 12.4 Å². The topological polar surface area (TPSA) is 81.7 Å². The second-order valence-corrected chi connectivity index (χ2v) is 7.10. The molecule has 0 atom stereocenters. The standard InChI is InChI=1S/C19H16ClF2NO5S/c20-13-3-7-15(8-4-13)29-10-9-17(25)27-11-16(24)23-18(26)12-1-5-14(6-2-12)28-19(21)22/h1-8,19H,9-11H2,(H,23,24,26). The number of carbonyl (C=O) groups excluding carboxylic acids is 3. The number of hydrogen-bond donors (Lipinski definition) is 1. The first-order valence-corrected chi connectivity index (χ1v) is 9.63. The van der Waals surface area contributed by atoms with Crippen molar-refractivity contribution in [3.8, 4) is 5.75 Å². The number of imide groups is 1. The number of thioether (sulfide) groups is 1. The van der Waals surface area contributed by atoms with E-state index in [9.17, 15) is 23.2 Å². The minimum absolute atomic E-state index is 0.0608. The van der Waals surface area contributed by atoms with Crippen LogP contribution in [-0.4, -0.2) is 36.8 Å². The second-order valence-electron chi connectivity index (χ2n) is 5.49. The van der Waals surface area contributed by atoms with E-state index in [1.54, 1.807) is 12.1 Å². The van der Waals surface area contributed by atoms with Crippen LogP contribution >= 0.6 is 23.4 Å². The number of halogens is 3. The van der Waals surface area contributed by atoms with Gasteiger partial charge in [-0.1, -0.05) is 11.6 Å². The summed E-state index contributed by atoms with van der Waals surface area (Å²) in [6.45, 7) is -3.58. The van der Waals surface area contributed by atoms with Crippen LogP contribution in [0.1, 0.15) is 16.8 Å². The number of benzene rings is 2. The van der Waals surface area contributed by atoms with Crippen molar-refractivity contribution >= 4 is 41.1 Å². The Morgan fingerprint density at radius 2 is 1.69 bits per heavy atom. The summed E-state index contributed by atoms with van der Waals surface area (Å²) in [6, 6.07) is 11.9. The Labute approximate surface area is 174 Å². The molecule has 10 heteroatoms. The van der Waals surface area contributed by atoms with E-state index in [1.807, 2.05) is 17.4 Å². The molecule has 0 fully saturated rings. The average Bonchev–Trinajstić information content (AvgIpc) is 2.68. The van der Waals surface area contributed by atoms with Gasteiger partial charge in [-0.15, -0.1) is 11.8 Å². The maximum atomic E-state index is 12.1. The molecule has 1 N–H and O–H groups in total. The molecule has 2 amide bonds. The summed E-state index contributed by atoms with van der Waals surface area (Å²) in [7, 11) is 0.